The molecule has 3 rings (SSSR count). The van der Waals surface area contributed by atoms with E-state index in [2.05, 4.69) is 20.4 Å². The number of rotatable bonds is 3. The van der Waals surface area contributed by atoms with E-state index in [1.54, 1.807) is 22.4 Å². The Morgan fingerprint density at radius 2 is 2.21 bits per heavy atom. The van der Waals surface area contributed by atoms with Gasteiger partial charge in [-0.25, -0.2) is 4.98 Å². The van der Waals surface area contributed by atoms with Gasteiger partial charge >= 0.3 is 0 Å². The highest BCUT2D eigenvalue weighted by molar-refractivity contribution is 7.14. The second-order valence-electron chi connectivity index (χ2n) is 4.02. The maximum atomic E-state index is 12.2. The minimum absolute atomic E-state index is 0.173. The summed E-state index contributed by atoms with van der Waals surface area (Å²) in [6, 6.07) is 3.73. The molecular formula is C12H11N5OS. The van der Waals surface area contributed by atoms with Crippen LogP contribution in [-0.2, 0) is 6.54 Å². The molecule has 7 heteroatoms. The summed E-state index contributed by atoms with van der Waals surface area (Å²) >= 11 is 1.41. The lowest BCUT2D eigenvalue weighted by atomic mass is 10.2. The number of amides is 1. The summed E-state index contributed by atoms with van der Waals surface area (Å²) in [5.41, 5.74) is 3.85. The molecule has 0 bridgehead atoms. The van der Waals surface area contributed by atoms with Crippen LogP contribution < -0.4 is 5.32 Å². The Kier molecular flexibility index (Phi) is 2.96. The fraction of sp³-hybridized carbons (Fsp3) is 0.167. The quantitative estimate of drug-likeness (QED) is 0.783. The number of aromatic nitrogens is 4. The van der Waals surface area contributed by atoms with Crippen molar-refractivity contribution in [1.29, 1.82) is 0 Å². The molecule has 0 saturated heterocycles. The van der Waals surface area contributed by atoms with Crippen LogP contribution in [0.5, 0.6) is 0 Å². The Bertz CT molecular complexity index is 718. The van der Waals surface area contributed by atoms with E-state index in [1.807, 2.05) is 19.1 Å². The largest absolute Gasteiger partial charge is 0.347 e. The third kappa shape index (κ3) is 2.19. The number of aryl methyl sites for hydroxylation is 1. The smallest absolute Gasteiger partial charge is 0.272 e. The van der Waals surface area contributed by atoms with E-state index >= 15 is 0 Å². The molecule has 3 aromatic rings. The lowest BCUT2D eigenvalue weighted by molar-refractivity contribution is 0.0943. The molecule has 0 spiro atoms. The van der Waals surface area contributed by atoms with Crippen LogP contribution in [0.1, 0.15) is 21.7 Å². The molecule has 0 aromatic carbocycles. The van der Waals surface area contributed by atoms with Gasteiger partial charge in [0.25, 0.3) is 5.91 Å². The molecule has 19 heavy (non-hydrogen) atoms. The van der Waals surface area contributed by atoms with E-state index in [4.69, 9.17) is 0 Å². The molecule has 0 aliphatic carbocycles. The van der Waals surface area contributed by atoms with Gasteiger partial charge in [0.2, 0.25) is 4.96 Å². The van der Waals surface area contributed by atoms with Crippen LogP contribution in [0, 0.1) is 6.92 Å². The van der Waals surface area contributed by atoms with Crippen LogP contribution in [0.2, 0.25) is 0 Å². The highest BCUT2D eigenvalue weighted by Crippen LogP contribution is 2.14. The van der Waals surface area contributed by atoms with E-state index in [-0.39, 0.29) is 5.91 Å². The van der Waals surface area contributed by atoms with Gasteiger partial charge in [0.1, 0.15) is 5.51 Å². The second-order valence-corrected chi connectivity index (χ2v) is 4.83. The van der Waals surface area contributed by atoms with Crippen molar-refractivity contribution in [3.8, 4) is 0 Å². The van der Waals surface area contributed by atoms with E-state index in [0.717, 1.165) is 10.5 Å². The van der Waals surface area contributed by atoms with Crippen molar-refractivity contribution in [3.63, 3.8) is 0 Å². The Morgan fingerprint density at radius 1 is 1.42 bits per heavy atom. The lowest BCUT2D eigenvalue weighted by Gasteiger charge is -2.04. The molecule has 96 valence electrons. The first kappa shape index (κ1) is 11.8. The van der Waals surface area contributed by atoms with Crippen molar-refractivity contribution in [1.82, 2.24) is 24.9 Å². The van der Waals surface area contributed by atoms with E-state index < -0.39 is 0 Å². The van der Waals surface area contributed by atoms with Crippen molar-refractivity contribution < 1.29 is 4.79 Å². The number of nitrogens with one attached hydrogen (secondary N) is 1. The highest BCUT2D eigenvalue weighted by atomic mass is 32.1. The highest BCUT2D eigenvalue weighted by Gasteiger charge is 2.17. The molecule has 6 nitrogen and oxygen atoms in total. The van der Waals surface area contributed by atoms with Gasteiger partial charge in [0.05, 0.1) is 5.69 Å². The van der Waals surface area contributed by atoms with Gasteiger partial charge in [-0.1, -0.05) is 11.3 Å². The molecular weight excluding hydrogens is 262 g/mol. The second kappa shape index (κ2) is 4.77. The van der Waals surface area contributed by atoms with Gasteiger partial charge in [0.15, 0.2) is 5.69 Å². The normalized spacial score (nSPS) is 10.8. The summed E-state index contributed by atoms with van der Waals surface area (Å²) in [5.74, 6) is -0.173. The average Bonchev–Trinajstić information content (AvgIpc) is 2.97. The Labute approximate surface area is 113 Å². The molecule has 3 aromatic heterocycles. The number of pyridine rings is 1. The molecule has 1 N–H and O–H groups in total. The van der Waals surface area contributed by atoms with Crippen molar-refractivity contribution in [3.05, 3.63) is 47.0 Å². The minimum Gasteiger partial charge on any atom is -0.347 e. The minimum atomic E-state index is -0.173. The van der Waals surface area contributed by atoms with Crippen LogP contribution in [0.3, 0.4) is 0 Å². The summed E-state index contributed by atoms with van der Waals surface area (Å²) in [5, 5.41) is 6.98. The third-order valence-corrected chi connectivity index (χ3v) is 3.41. The molecule has 1 amide bonds. The Morgan fingerprint density at radius 3 is 3.00 bits per heavy atom. The number of carbonyl (C=O) groups is 1. The first-order valence-corrected chi connectivity index (χ1v) is 6.59. The summed E-state index contributed by atoms with van der Waals surface area (Å²) in [6.45, 7) is 2.26. The Hall–Kier alpha value is -2.28. The number of hydrogen-bond acceptors (Lipinski definition) is 5. The third-order valence-electron chi connectivity index (χ3n) is 2.74. The van der Waals surface area contributed by atoms with Crippen LogP contribution in [0.15, 0.2) is 30.0 Å². The van der Waals surface area contributed by atoms with Crippen molar-refractivity contribution in [2.75, 3.05) is 0 Å². The first-order valence-electron chi connectivity index (χ1n) is 5.71. The molecule has 0 unspecified atom stereocenters. The van der Waals surface area contributed by atoms with Crippen LogP contribution in [-0.4, -0.2) is 25.5 Å². The average molecular weight is 273 g/mol. The summed E-state index contributed by atoms with van der Waals surface area (Å²) < 4.78 is 1.57. The van der Waals surface area contributed by atoms with Gasteiger partial charge < -0.3 is 5.32 Å². The van der Waals surface area contributed by atoms with Crippen LogP contribution in [0.25, 0.3) is 4.96 Å². The zero-order valence-corrected chi connectivity index (χ0v) is 11.0. The lowest BCUT2D eigenvalue weighted by Crippen LogP contribution is -2.25. The van der Waals surface area contributed by atoms with E-state index in [9.17, 15) is 4.79 Å². The monoisotopic (exact) mass is 273 g/mol. The number of nitrogens with zero attached hydrogens (tertiary/aromatic N) is 4. The summed E-state index contributed by atoms with van der Waals surface area (Å²) in [7, 11) is 0. The SMILES string of the molecule is Cc1nc2scnn2c1C(=O)NCc1ccncc1. The maximum Gasteiger partial charge on any atom is 0.272 e. The van der Waals surface area contributed by atoms with Crippen molar-refractivity contribution in [2.45, 2.75) is 13.5 Å². The summed E-state index contributed by atoms with van der Waals surface area (Å²) in [4.78, 5) is 21.1. The zero-order chi connectivity index (χ0) is 13.2. The molecule has 0 saturated carbocycles. The molecule has 0 fully saturated rings. The van der Waals surface area contributed by atoms with E-state index in [0.29, 0.717) is 17.9 Å². The van der Waals surface area contributed by atoms with E-state index in [1.165, 1.54) is 11.3 Å². The fourth-order valence-corrected chi connectivity index (χ4v) is 2.48. The Balaban J connectivity index is 1.80. The molecule has 0 aliphatic heterocycles. The fourth-order valence-electron chi connectivity index (χ4n) is 1.82. The van der Waals surface area contributed by atoms with Crippen molar-refractivity contribution in [2.24, 2.45) is 0 Å². The van der Waals surface area contributed by atoms with Gasteiger partial charge in [-0.2, -0.15) is 9.61 Å². The predicted octanol–water partition coefficient (Wildman–Crippen LogP) is 1.42. The predicted molar refractivity (Wildman–Crippen MR) is 71.0 cm³/mol. The van der Waals surface area contributed by atoms with Gasteiger partial charge in [0, 0.05) is 18.9 Å². The number of imidazole rings is 1. The summed E-state index contributed by atoms with van der Waals surface area (Å²) in [6.07, 6.45) is 3.40. The topological polar surface area (TPSA) is 72.2 Å². The van der Waals surface area contributed by atoms with Crippen LogP contribution >= 0.6 is 11.3 Å². The molecule has 0 atom stereocenters. The number of hydrogen-bond donors (Lipinski definition) is 1. The van der Waals surface area contributed by atoms with Crippen LogP contribution in [0.4, 0.5) is 0 Å². The van der Waals surface area contributed by atoms with Gasteiger partial charge in [-0.3, -0.25) is 9.78 Å². The van der Waals surface area contributed by atoms with Gasteiger partial charge in [-0.05, 0) is 24.6 Å². The molecule has 0 radical (unpaired) electrons. The van der Waals surface area contributed by atoms with Crippen molar-refractivity contribution >= 4 is 22.2 Å². The standard InChI is InChI=1S/C12H11N5OS/c1-8-10(17-12(16-8)19-7-15-17)11(18)14-6-9-2-4-13-5-3-9/h2-5,7H,6H2,1H3,(H,14,18). The first-order chi connectivity index (χ1) is 9.25. The molecule has 3 heterocycles. The zero-order valence-electron chi connectivity index (χ0n) is 10.2. The molecule has 0 aliphatic rings. The maximum absolute atomic E-state index is 12.2. The van der Waals surface area contributed by atoms with Gasteiger partial charge in [-0.15, -0.1) is 0 Å². The number of carbonyl (C=O) groups excluding carboxylic acids is 1. The number of fused-ring (bicyclic) bond motifs is 1.